The minimum atomic E-state index is 0.0331. The van der Waals surface area contributed by atoms with Crippen LogP contribution < -0.4 is 4.74 Å². The summed E-state index contributed by atoms with van der Waals surface area (Å²) < 4.78 is 10.8. The molecule has 1 spiro atoms. The number of benzene rings is 1. The summed E-state index contributed by atoms with van der Waals surface area (Å²) in [6, 6.07) is 6.24. The Labute approximate surface area is 184 Å². The molecular formula is C24H34N4O3. The number of hydrogen-bond acceptors (Lipinski definition) is 5. The molecule has 5 rings (SSSR count). The SMILES string of the molecule is COc1ccc2[nH]cc(CN3CCC4(CC3)CC(C(=O)N3CCOCC3)N(C)C4)c2c1. The fourth-order valence-electron chi connectivity index (χ4n) is 5.74. The van der Waals surface area contributed by atoms with Gasteiger partial charge in [0, 0.05) is 43.3 Å². The van der Waals surface area contributed by atoms with Crippen molar-refractivity contribution < 1.29 is 14.3 Å². The van der Waals surface area contributed by atoms with Crippen LogP contribution in [0.1, 0.15) is 24.8 Å². The molecule has 168 valence electrons. The average Bonchev–Trinajstić information content (AvgIpc) is 3.35. The molecule has 2 aromatic rings. The number of nitrogens with zero attached hydrogens (tertiary/aromatic N) is 3. The number of aromatic nitrogens is 1. The van der Waals surface area contributed by atoms with Crippen LogP contribution in [0.5, 0.6) is 5.75 Å². The maximum atomic E-state index is 13.1. The minimum absolute atomic E-state index is 0.0331. The van der Waals surface area contributed by atoms with Crippen molar-refractivity contribution in [2.45, 2.75) is 31.8 Å². The molecule has 7 heteroatoms. The molecule has 0 aliphatic carbocycles. The Hall–Kier alpha value is -2.09. The summed E-state index contributed by atoms with van der Waals surface area (Å²) in [6.07, 6.45) is 5.46. The third kappa shape index (κ3) is 4.06. The monoisotopic (exact) mass is 426 g/mol. The minimum Gasteiger partial charge on any atom is -0.497 e. The van der Waals surface area contributed by atoms with Gasteiger partial charge >= 0.3 is 0 Å². The van der Waals surface area contributed by atoms with Crippen LogP contribution in [0.4, 0.5) is 0 Å². The molecule has 3 saturated heterocycles. The van der Waals surface area contributed by atoms with Gasteiger partial charge in [0.05, 0.1) is 26.4 Å². The van der Waals surface area contributed by atoms with Crippen LogP contribution in [-0.4, -0.2) is 91.7 Å². The quantitative estimate of drug-likeness (QED) is 0.813. The molecule has 1 unspecified atom stereocenters. The lowest BCUT2D eigenvalue weighted by molar-refractivity contribution is -0.139. The molecule has 0 radical (unpaired) electrons. The zero-order valence-electron chi connectivity index (χ0n) is 18.7. The van der Waals surface area contributed by atoms with Crippen molar-refractivity contribution in [1.29, 1.82) is 0 Å². The number of amides is 1. The third-order valence-corrected chi connectivity index (χ3v) is 7.64. The van der Waals surface area contributed by atoms with E-state index in [-0.39, 0.29) is 11.5 Å². The molecule has 4 heterocycles. The number of rotatable bonds is 4. The van der Waals surface area contributed by atoms with Crippen molar-refractivity contribution in [3.63, 3.8) is 0 Å². The molecule has 1 N–H and O–H groups in total. The van der Waals surface area contributed by atoms with Gasteiger partial charge in [-0.3, -0.25) is 14.6 Å². The first-order chi connectivity index (χ1) is 15.1. The van der Waals surface area contributed by atoms with Crippen LogP contribution in [0, 0.1) is 5.41 Å². The van der Waals surface area contributed by atoms with Crippen molar-refractivity contribution in [3.8, 4) is 5.75 Å². The first kappa shape index (κ1) is 20.8. The lowest BCUT2D eigenvalue weighted by Gasteiger charge is -2.39. The maximum absolute atomic E-state index is 13.1. The zero-order chi connectivity index (χ0) is 21.4. The second kappa shape index (κ2) is 8.45. The largest absolute Gasteiger partial charge is 0.497 e. The Kier molecular flexibility index (Phi) is 5.67. The summed E-state index contributed by atoms with van der Waals surface area (Å²) in [5.41, 5.74) is 2.77. The molecule has 7 nitrogen and oxygen atoms in total. The number of likely N-dealkylation sites (N-methyl/N-ethyl adjacent to an activating group) is 1. The van der Waals surface area contributed by atoms with Gasteiger partial charge in [-0.05, 0) is 68.6 Å². The van der Waals surface area contributed by atoms with E-state index in [1.54, 1.807) is 7.11 Å². The summed E-state index contributed by atoms with van der Waals surface area (Å²) in [5.74, 6) is 1.20. The third-order valence-electron chi connectivity index (χ3n) is 7.64. The summed E-state index contributed by atoms with van der Waals surface area (Å²) in [7, 11) is 3.84. The van der Waals surface area contributed by atoms with Gasteiger partial charge < -0.3 is 19.4 Å². The predicted octanol–water partition coefficient (Wildman–Crippen LogP) is 2.32. The van der Waals surface area contributed by atoms with Gasteiger partial charge in [-0.1, -0.05) is 0 Å². The van der Waals surface area contributed by atoms with Crippen LogP contribution in [0.3, 0.4) is 0 Å². The molecule has 0 saturated carbocycles. The second-order valence-electron chi connectivity index (χ2n) is 9.57. The van der Waals surface area contributed by atoms with Crippen molar-refractivity contribution in [2.24, 2.45) is 5.41 Å². The van der Waals surface area contributed by atoms with Gasteiger partial charge in [-0.2, -0.15) is 0 Å². The Morgan fingerprint density at radius 1 is 1.23 bits per heavy atom. The van der Waals surface area contributed by atoms with Crippen molar-refractivity contribution in [1.82, 2.24) is 19.7 Å². The van der Waals surface area contributed by atoms with E-state index >= 15 is 0 Å². The van der Waals surface area contributed by atoms with Crippen LogP contribution in [0.25, 0.3) is 10.9 Å². The number of morpholine rings is 1. The van der Waals surface area contributed by atoms with Gasteiger partial charge in [0.2, 0.25) is 5.91 Å². The number of nitrogens with one attached hydrogen (secondary N) is 1. The Balaban J connectivity index is 1.21. The van der Waals surface area contributed by atoms with E-state index in [0.29, 0.717) is 19.1 Å². The Morgan fingerprint density at radius 3 is 2.74 bits per heavy atom. The smallest absolute Gasteiger partial charge is 0.240 e. The number of carbonyl (C=O) groups is 1. The van der Waals surface area contributed by atoms with Crippen LogP contribution >= 0.6 is 0 Å². The standard InChI is InChI=1S/C24H34N4O3/c1-26-17-24(14-22(26)23(29)28-9-11-31-12-10-28)5-7-27(8-6-24)16-18-15-25-21-4-3-19(30-2)13-20(18)21/h3-4,13,15,22,25H,5-12,14,16-17H2,1-2H3. The first-order valence-corrected chi connectivity index (χ1v) is 11.5. The van der Waals surface area contributed by atoms with E-state index in [2.05, 4.69) is 40.2 Å². The van der Waals surface area contributed by atoms with Crippen molar-refractivity contribution in [3.05, 3.63) is 30.0 Å². The van der Waals surface area contributed by atoms with E-state index in [1.165, 1.54) is 10.9 Å². The number of ether oxygens (including phenoxy) is 2. The molecule has 3 aliphatic heterocycles. The number of aromatic amines is 1. The van der Waals surface area contributed by atoms with Crippen LogP contribution in [0.15, 0.2) is 24.4 Å². The number of piperidine rings is 1. The van der Waals surface area contributed by atoms with E-state index in [1.807, 2.05) is 11.0 Å². The van der Waals surface area contributed by atoms with Gasteiger partial charge in [0.25, 0.3) is 0 Å². The van der Waals surface area contributed by atoms with Crippen molar-refractivity contribution >= 4 is 16.8 Å². The highest BCUT2D eigenvalue weighted by Gasteiger charge is 2.47. The average molecular weight is 427 g/mol. The molecule has 1 aromatic heterocycles. The highest BCUT2D eigenvalue weighted by Crippen LogP contribution is 2.43. The molecule has 1 atom stereocenters. The van der Waals surface area contributed by atoms with Crippen LogP contribution in [0.2, 0.25) is 0 Å². The van der Waals surface area contributed by atoms with E-state index in [4.69, 9.17) is 9.47 Å². The molecular weight excluding hydrogens is 392 g/mol. The molecule has 31 heavy (non-hydrogen) atoms. The van der Waals surface area contributed by atoms with E-state index in [9.17, 15) is 4.79 Å². The lowest BCUT2D eigenvalue weighted by atomic mass is 9.76. The number of methoxy groups -OCH3 is 1. The van der Waals surface area contributed by atoms with Gasteiger partial charge in [-0.25, -0.2) is 0 Å². The van der Waals surface area contributed by atoms with E-state index in [0.717, 1.165) is 69.8 Å². The molecule has 3 fully saturated rings. The summed E-state index contributed by atoms with van der Waals surface area (Å²) in [6.45, 7) is 6.97. The topological polar surface area (TPSA) is 61.0 Å². The highest BCUT2D eigenvalue weighted by atomic mass is 16.5. The number of likely N-dealkylation sites (tertiary alicyclic amines) is 2. The molecule has 1 aromatic carbocycles. The summed E-state index contributed by atoms with van der Waals surface area (Å²) >= 11 is 0. The fourth-order valence-corrected chi connectivity index (χ4v) is 5.74. The number of hydrogen-bond donors (Lipinski definition) is 1. The zero-order valence-corrected chi connectivity index (χ0v) is 18.7. The highest BCUT2D eigenvalue weighted by molar-refractivity contribution is 5.84. The lowest BCUT2D eigenvalue weighted by Crippen LogP contribution is -2.48. The van der Waals surface area contributed by atoms with Crippen molar-refractivity contribution in [2.75, 3.05) is 60.1 Å². The summed E-state index contributed by atoms with van der Waals surface area (Å²) in [4.78, 5) is 23.4. The second-order valence-corrected chi connectivity index (χ2v) is 9.57. The van der Waals surface area contributed by atoms with E-state index < -0.39 is 0 Å². The maximum Gasteiger partial charge on any atom is 0.240 e. The Morgan fingerprint density at radius 2 is 2.00 bits per heavy atom. The number of carbonyl (C=O) groups excluding carboxylic acids is 1. The van der Waals surface area contributed by atoms with Crippen LogP contribution in [-0.2, 0) is 16.1 Å². The summed E-state index contributed by atoms with van der Waals surface area (Å²) in [5, 5.41) is 1.25. The van der Waals surface area contributed by atoms with Gasteiger partial charge in [0.1, 0.15) is 5.75 Å². The molecule has 1 amide bonds. The predicted molar refractivity (Wildman–Crippen MR) is 120 cm³/mol. The van der Waals surface area contributed by atoms with Gasteiger partial charge in [0.15, 0.2) is 0 Å². The van der Waals surface area contributed by atoms with Gasteiger partial charge in [-0.15, -0.1) is 0 Å². The molecule has 3 aliphatic rings. The number of H-pyrrole nitrogens is 1. The normalized spacial score (nSPS) is 24.8. The fraction of sp³-hybridized carbons (Fsp3) is 0.625. The number of fused-ring (bicyclic) bond motifs is 1. The first-order valence-electron chi connectivity index (χ1n) is 11.5. The molecule has 0 bridgehead atoms. The Bertz CT molecular complexity index is 928.